The van der Waals surface area contributed by atoms with Crippen molar-refractivity contribution in [2.45, 2.75) is 19.9 Å². The Morgan fingerprint density at radius 2 is 1.93 bits per heavy atom. The number of halogens is 1. The Morgan fingerprint density at radius 3 is 2.67 bits per heavy atom. The van der Waals surface area contributed by atoms with Crippen LogP contribution in [-0.4, -0.2) is 29.3 Å². The molecular weight excluding hydrogens is 341 g/mol. The summed E-state index contributed by atoms with van der Waals surface area (Å²) in [4.78, 5) is 4.21. The second-order valence-corrected chi connectivity index (χ2v) is 6.31. The lowest BCUT2D eigenvalue weighted by atomic mass is 10.1. The number of nitrogens with zero attached hydrogens (tertiary/aromatic N) is 3. The Morgan fingerprint density at radius 1 is 1.11 bits per heavy atom. The topological polar surface area (TPSA) is 54.2 Å². The Bertz CT molecular complexity index is 902. The van der Waals surface area contributed by atoms with E-state index in [9.17, 15) is 4.39 Å². The number of aromatic nitrogens is 2. The van der Waals surface area contributed by atoms with Crippen molar-refractivity contribution in [3.8, 4) is 5.69 Å². The molecule has 27 heavy (non-hydrogen) atoms. The summed E-state index contributed by atoms with van der Waals surface area (Å²) in [5.74, 6) is 0.499. The lowest BCUT2D eigenvalue weighted by Gasteiger charge is -2.12. The highest BCUT2D eigenvalue weighted by molar-refractivity contribution is 5.79. The second-order valence-electron chi connectivity index (χ2n) is 6.31. The Kier molecular flexibility index (Phi) is 6.20. The van der Waals surface area contributed by atoms with E-state index in [1.165, 1.54) is 0 Å². The van der Waals surface area contributed by atoms with Gasteiger partial charge in [-0.3, -0.25) is 4.99 Å². The quantitative estimate of drug-likeness (QED) is 0.521. The molecule has 0 atom stereocenters. The third-order valence-electron chi connectivity index (χ3n) is 4.28. The predicted molar refractivity (Wildman–Crippen MR) is 107 cm³/mol. The minimum Gasteiger partial charge on any atom is -0.356 e. The third-order valence-corrected chi connectivity index (χ3v) is 4.28. The van der Waals surface area contributed by atoms with E-state index in [2.05, 4.69) is 20.7 Å². The molecule has 3 aromatic rings. The van der Waals surface area contributed by atoms with Crippen molar-refractivity contribution in [2.24, 2.45) is 4.99 Å². The number of aliphatic imine (C=N–C) groups is 1. The standard InChI is InChI=1S/C21H24FN5/c1-16-8-9-17(12-20(16)22)13-25-21(23-2)24-11-10-18-14-26-27(15-18)19-6-4-3-5-7-19/h3-9,12,14-15H,10-11,13H2,1-2H3,(H2,23,24,25). The van der Waals surface area contributed by atoms with Crippen LogP contribution in [0.2, 0.25) is 0 Å². The Balaban J connectivity index is 1.47. The van der Waals surface area contributed by atoms with Crippen LogP contribution < -0.4 is 10.6 Å². The van der Waals surface area contributed by atoms with E-state index in [1.807, 2.05) is 53.5 Å². The minimum atomic E-state index is -0.187. The Labute approximate surface area is 159 Å². The van der Waals surface area contributed by atoms with E-state index < -0.39 is 0 Å². The van der Waals surface area contributed by atoms with Gasteiger partial charge >= 0.3 is 0 Å². The van der Waals surface area contributed by atoms with Crippen LogP contribution in [0.15, 0.2) is 65.9 Å². The SMILES string of the molecule is CN=C(NCCc1cnn(-c2ccccc2)c1)NCc1ccc(C)c(F)c1. The van der Waals surface area contributed by atoms with Crippen molar-refractivity contribution in [1.29, 1.82) is 0 Å². The molecule has 0 amide bonds. The maximum absolute atomic E-state index is 13.6. The van der Waals surface area contributed by atoms with Gasteiger partial charge < -0.3 is 10.6 Å². The molecule has 0 saturated heterocycles. The van der Waals surface area contributed by atoms with Crippen LogP contribution >= 0.6 is 0 Å². The highest BCUT2D eigenvalue weighted by Gasteiger charge is 2.03. The van der Waals surface area contributed by atoms with E-state index in [1.54, 1.807) is 26.1 Å². The summed E-state index contributed by atoms with van der Waals surface area (Å²) in [7, 11) is 1.72. The molecule has 2 N–H and O–H groups in total. The molecule has 0 aliphatic heterocycles. The smallest absolute Gasteiger partial charge is 0.191 e. The fraction of sp³-hybridized carbons (Fsp3) is 0.238. The molecule has 2 aromatic carbocycles. The van der Waals surface area contributed by atoms with Crippen molar-refractivity contribution in [3.63, 3.8) is 0 Å². The zero-order valence-corrected chi connectivity index (χ0v) is 15.6. The molecule has 140 valence electrons. The highest BCUT2D eigenvalue weighted by atomic mass is 19.1. The van der Waals surface area contributed by atoms with Gasteiger partial charge in [0.15, 0.2) is 5.96 Å². The van der Waals surface area contributed by atoms with Gasteiger partial charge in [0.2, 0.25) is 0 Å². The van der Waals surface area contributed by atoms with Crippen LogP contribution in [0.3, 0.4) is 0 Å². The molecule has 3 rings (SSSR count). The summed E-state index contributed by atoms with van der Waals surface area (Å²) < 4.78 is 15.5. The fourth-order valence-corrected chi connectivity index (χ4v) is 2.69. The molecule has 1 aromatic heterocycles. The average molecular weight is 365 g/mol. The highest BCUT2D eigenvalue weighted by Crippen LogP contribution is 2.09. The summed E-state index contributed by atoms with van der Waals surface area (Å²) in [6, 6.07) is 15.3. The monoisotopic (exact) mass is 365 g/mol. The average Bonchev–Trinajstić information content (AvgIpc) is 3.17. The van der Waals surface area contributed by atoms with Crippen molar-refractivity contribution in [2.75, 3.05) is 13.6 Å². The largest absolute Gasteiger partial charge is 0.356 e. The van der Waals surface area contributed by atoms with Gasteiger partial charge in [-0.2, -0.15) is 5.10 Å². The van der Waals surface area contributed by atoms with Crippen LogP contribution in [-0.2, 0) is 13.0 Å². The number of aryl methyl sites for hydroxylation is 1. The van der Waals surface area contributed by atoms with Gasteiger partial charge in [-0.05, 0) is 48.2 Å². The molecule has 0 unspecified atom stereocenters. The lowest BCUT2D eigenvalue weighted by molar-refractivity contribution is 0.615. The summed E-state index contributed by atoms with van der Waals surface area (Å²) in [5.41, 5.74) is 3.71. The van der Waals surface area contributed by atoms with Crippen LogP contribution in [0.4, 0.5) is 4.39 Å². The first-order chi connectivity index (χ1) is 13.2. The molecule has 5 nitrogen and oxygen atoms in total. The number of hydrogen-bond donors (Lipinski definition) is 2. The summed E-state index contributed by atoms with van der Waals surface area (Å²) in [6.45, 7) is 3.00. The van der Waals surface area contributed by atoms with Crippen molar-refractivity contribution in [1.82, 2.24) is 20.4 Å². The number of para-hydroxylation sites is 1. The molecule has 0 fully saturated rings. The zero-order chi connectivity index (χ0) is 19.1. The number of nitrogens with one attached hydrogen (secondary N) is 2. The molecule has 0 radical (unpaired) electrons. The molecule has 0 bridgehead atoms. The second kappa shape index (κ2) is 8.98. The number of guanidine groups is 1. The van der Waals surface area contributed by atoms with Crippen LogP contribution in [0.1, 0.15) is 16.7 Å². The first-order valence-electron chi connectivity index (χ1n) is 8.94. The summed E-state index contributed by atoms with van der Waals surface area (Å²) in [6.07, 6.45) is 4.73. The lowest BCUT2D eigenvalue weighted by Crippen LogP contribution is -2.37. The zero-order valence-electron chi connectivity index (χ0n) is 15.6. The minimum absolute atomic E-state index is 0.187. The van der Waals surface area contributed by atoms with E-state index >= 15 is 0 Å². The molecule has 6 heteroatoms. The first-order valence-corrected chi connectivity index (χ1v) is 8.94. The normalized spacial score (nSPS) is 11.4. The third kappa shape index (κ3) is 5.17. The van der Waals surface area contributed by atoms with Crippen molar-refractivity contribution < 1.29 is 4.39 Å². The first kappa shape index (κ1) is 18.6. The van der Waals surface area contributed by atoms with E-state index in [4.69, 9.17) is 0 Å². The van der Waals surface area contributed by atoms with Crippen LogP contribution in [0, 0.1) is 12.7 Å². The fourth-order valence-electron chi connectivity index (χ4n) is 2.69. The van der Waals surface area contributed by atoms with E-state index in [0.29, 0.717) is 18.1 Å². The van der Waals surface area contributed by atoms with Gasteiger partial charge in [-0.1, -0.05) is 30.3 Å². The van der Waals surface area contributed by atoms with Gasteiger partial charge in [0.25, 0.3) is 0 Å². The van der Waals surface area contributed by atoms with Gasteiger partial charge in [-0.25, -0.2) is 9.07 Å². The molecule has 0 spiro atoms. The molecule has 0 saturated carbocycles. The maximum Gasteiger partial charge on any atom is 0.191 e. The molecular formula is C21H24FN5. The van der Waals surface area contributed by atoms with Crippen molar-refractivity contribution >= 4 is 5.96 Å². The van der Waals surface area contributed by atoms with Crippen molar-refractivity contribution in [3.05, 3.63) is 83.4 Å². The predicted octanol–water partition coefficient (Wildman–Crippen LogP) is 3.23. The van der Waals surface area contributed by atoms with Crippen LogP contribution in [0.5, 0.6) is 0 Å². The van der Waals surface area contributed by atoms with E-state index in [0.717, 1.165) is 29.8 Å². The van der Waals surface area contributed by atoms with Gasteiger partial charge in [0, 0.05) is 26.3 Å². The Hall–Kier alpha value is -3.15. The maximum atomic E-state index is 13.6. The van der Waals surface area contributed by atoms with Gasteiger partial charge in [0.05, 0.1) is 11.9 Å². The number of benzene rings is 2. The molecule has 0 aliphatic carbocycles. The van der Waals surface area contributed by atoms with Crippen LogP contribution in [0.25, 0.3) is 5.69 Å². The van der Waals surface area contributed by atoms with Gasteiger partial charge in [-0.15, -0.1) is 0 Å². The molecule has 1 heterocycles. The molecule has 0 aliphatic rings. The number of hydrogen-bond acceptors (Lipinski definition) is 2. The number of rotatable bonds is 6. The van der Waals surface area contributed by atoms with E-state index in [-0.39, 0.29) is 5.82 Å². The summed E-state index contributed by atoms with van der Waals surface area (Å²) >= 11 is 0. The summed E-state index contributed by atoms with van der Waals surface area (Å²) in [5, 5.41) is 10.9. The van der Waals surface area contributed by atoms with Gasteiger partial charge in [0.1, 0.15) is 5.82 Å².